The summed E-state index contributed by atoms with van der Waals surface area (Å²) >= 11 is 0. The molecule has 1 aromatic carbocycles. The minimum absolute atomic E-state index is 0.391. The van der Waals surface area contributed by atoms with Gasteiger partial charge in [0, 0.05) is 19.1 Å². The molecular weight excluding hydrogens is 224 g/mol. The predicted octanol–water partition coefficient (Wildman–Crippen LogP) is 2.05. The topological polar surface area (TPSA) is 49.5 Å². The first kappa shape index (κ1) is 13.5. The Kier molecular flexibility index (Phi) is 4.75. The molecule has 2 atom stereocenters. The van der Waals surface area contributed by atoms with Gasteiger partial charge < -0.3 is 10.8 Å². The van der Waals surface area contributed by atoms with Gasteiger partial charge in [-0.25, -0.2) is 0 Å². The van der Waals surface area contributed by atoms with Crippen molar-refractivity contribution in [3.63, 3.8) is 0 Å². The van der Waals surface area contributed by atoms with E-state index >= 15 is 0 Å². The van der Waals surface area contributed by atoms with Gasteiger partial charge in [0.25, 0.3) is 0 Å². The highest BCUT2D eigenvalue weighted by molar-refractivity contribution is 5.24. The maximum absolute atomic E-state index is 10.3. The van der Waals surface area contributed by atoms with Gasteiger partial charge in [-0.05, 0) is 37.4 Å². The van der Waals surface area contributed by atoms with Crippen LogP contribution in [0.15, 0.2) is 24.3 Å². The highest BCUT2D eigenvalue weighted by Gasteiger charge is 2.21. The maximum atomic E-state index is 10.3. The van der Waals surface area contributed by atoms with Gasteiger partial charge in [-0.2, -0.15) is 0 Å². The van der Waals surface area contributed by atoms with Crippen molar-refractivity contribution in [1.82, 2.24) is 4.90 Å². The van der Waals surface area contributed by atoms with E-state index < -0.39 is 6.10 Å². The lowest BCUT2D eigenvalue weighted by Crippen LogP contribution is -2.40. The summed E-state index contributed by atoms with van der Waals surface area (Å²) in [4.78, 5) is 2.39. The number of aliphatic hydroxyl groups is 1. The fourth-order valence-corrected chi connectivity index (χ4v) is 2.63. The SMILES string of the molecule is CC1CCCCN1CC(O)c1ccc(CN)cc1. The van der Waals surface area contributed by atoms with Gasteiger partial charge in [0.15, 0.2) is 0 Å². The first-order valence-corrected chi connectivity index (χ1v) is 6.91. The van der Waals surface area contributed by atoms with Gasteiger partial charge in [0.2, 0.25) is 0 Å². The second kappa shape index (κ2) is 6.32. The normalized spacial score (nSPS) is 22.9. The van der Waals surface area contributed by atoms with Crippen molar-refractivity contribution in [2.24, 2.45) is 5.73 Å². The molecule has 1 aromatic rings. The summed E-state index contributed by atoms with van der Waals surface area (Å²) < 4.78 is 0. The molecule has 2 unspecified atom stereocenters. The molecule has 1 fully saturated rings. The van der Waals surface area contributed by atoms with Gasteiger partial charge in [0.1, 0.15) is 0 Å². The Bertz CT molecular complexity index is 363. The van der Waals surface area contributed by atoms with Crippen molar-refractivity contribution in [2.75, 3.05) is 13.1 Å². The Morgan fingerprint density at radius 2 is 2.06 bits per heavy atom. The molecule has 0 amide bonds. The standard InChI is InChI=1S/C15H24N2O/c1-12-4-2-3-9-17(12)11-15(18)14-7-5-13(10-16)6-8-14/h5-8,12,15,18H,2-4,9-11,16H2,1H3. The summed E-state index contributed by atoms with van der Waals surface area (Å²) in [6.45, 7) is 4.66. The summed E-state index contributed by atoms with van der Waals surface area (Å²) in [5.74, 6) is 0. The summed E-state index contributed by atoms with van der Waals surface area (Å²) in [6, 6.07) is 8.57. The van der Waals surface area contributed by atoms with Gasteiger partial charge in [0.05, 0.1) is 6.10 Å². The van der Waals surface area contributed by atoms with E-state index in [-0.39, 0.29) is 0 Å². The Balaban J connectivity index is 1.95. The molecule has 2 rings (SSSR count). The van der Waals surface area contributed by atoms with Gasteiger partial charge in [-0.15, -0.1) is 0 Å². The van der Waals surface area contributed by atoms with Crippen molar-refractivity contribution in [1.29, 1.82) is 0 Å². The van der Waals surface area contributed by atoms with Crippen LogP contribution in [0, 0.1) is 0 Å². The zero-order valence-electron chi connectivity index (χ0n) is 11.2. The molecule has 0 saturated carbocycles. The zero-order valence-corrected chi connectivity index (χ0v) is 11.2. The average molecular weight is 248 g/mol. The highest BCUT2D eigenvalue weighted by Crippen LogP contribution is 2.21. The first-order chi connectivity index (χ1) is 8.70. The summed E-state index contributed by atoms with van der Waals surface area (Å²) in [5, 5.41) is 10.3. The maximum Gasteiger partial charge on any atom is 0.0917 e. The number of benzene rings is 1. The van der Waals surface area contributed by atoms with Crippen LogP contribution in [0.3, 0.4) is 0 Å². The van der Waals surface area contributed by atoms with Crippen LogP contribution < -0.4 is 5.73 Å². The van der Waals surface area contributed by atoms with E-state index in [4.69, 9.17) is 5.73 Å². The van der Waals surface area contributed by atoms with E-state index in [0.29, 0.717) is 12.6 Å². The molecule has 3 N–H and O–H groups in total. The third-order valence-corrected chi connectivity index (χ3v) is 3.95. The Morgan fingerprint density at radius 1 is 1.33 bits per heavy atom. The fraction of sp³-hybridized carbons (Fsp3) is 0.600. The number of hydrogen-bond acceptors (Lipinski definition) is 3. The van der Waals surface area contributed by atoms with Crippen molar-refractivity contribution in [2.45, 2.75) is 44.9 Å². The summed E-state index contributed by atoms with van der Waals surface area (Å²) in [5.41, 5.74) is 7.67. The third kappa shape index (κ3) is 3.31. The Morgan fingerprint density at radius 3 is 2.67 bits per heavy atom. The van der Waals surface area contributed by atoms with Crippen LogP contribution in [0.1, 0.15) is 43.4 Å². The largest absolute Gasteiger partial charge is 0.387 e. The smallest absolute Gasteiger partial charge is 0.0917 e. The molecule has 1 aliphatic heterocycles. The first-order valence-electron chi connectivity index (χ1n) is 6.91. The van der Waals surface area contributed by atoms with E-state index in [1.807, 2.05) is 24.3 Å². The molecule has 0 bridgehead atoms. The number of nitrogens with zero attached hydrogens (tertiary/aromatic N) is 1. The van der Waals surface area contributed by atoms with Crippen molar-refractivity contribution >= 4 is 0 Å². The van der Waals surface area contributed by atoms with Crippen LogP contribution in [0.4, 0.5) is 0 Å². The van der Waals surface area contributed by atoms with Crippen LogP contribution in [-0.2, 0) is 6.54 Å². The number of rotatable bonds is 4. The third-order valence-electron chi connectivity index (χ3n) is 3.95. The van der Waals surface area contributed by atoms with Gasteiger partial charge in [-0.3, -0.25) is 4.90 Å². The van der Waals surface area contributed by atoms with E-state index in [0.717, 1.165) is 24.2 Å². The summed E-state index contributed by atoms with van der Waals surface area (Å²) in [6.07, 6.45) is 3.43. The van der Waals surface area contributed by atoms with Crippen LogP contribution in [0.25, 0.3) is 0 Å². The Labute approximate surface area is 110 Å². The molecule has 0 radical (unpaired) electrons. The molecule has 3 nitrogen and oxygen atoms in total. The predicted molar refractivity (Wildman–Crippen MR) is 74.2 cm³/mol. The Hall–Kier alpha value is -0.900. The minimum atomic E-state index is -0.391. The molecule has 0 aliphatic carbocycles. The summed E-state index contributed by atoms with van der Waals surface area (Å²) in [7, 11) is 0. The van der Waals surface area contributed by atoms with Gasteiger partial charge in [-0.1, -0.05) is 30.7 Å². The van der Waals surface area contributed by atoms with E-state index in [1.165, 1.54) is 19.3 Å². The number of hydrogen-bond donors (Lipinski definition) is 2. The molecule has 18 heavy (non-hydrogen) atoms. The van der Waals surface area contributed by atoms with Crippen LogP contribution >= 0.6 is 0 Å². The second-order valence-corrected chi connectivity index (χ2v) is 5.30. The van der Waals surface area contributed by atoms with Gasteiger partial charge >= 0.3 is 0 Å². The van der Waals surface area contributed by atoms with Crippen molar-refractivity contribution in [3.05, 3.63) is 35.4 Å². The monoisotopic (exact) mass is 248 g/mol. The number of piperidine rings is 1. The van der Waals surface area contributed by atoms with Crippen LogP contribution in [0.2, 0.25) is 0 Å². The number of likely N-dealkylation sites (tertiary alicyclic amines) is 1. The van der Waals surface area contributed by atoms with E-state index in [2.05, 4.69) is 11.8 Å². The molecule has 0 spiro atoms. The molecule has 100 valence electrons. The lowest BCUT2D eigenvalue weighted by Gasteiger charge is -2.34. The zero-order chi connectivity index (χ0) is 13.0. The molecule has 1 heterocycles. The number of nitrogens with two attached hydrogens (primary N) is 1. The van der Waals surface area contributed by atoms with Crippen LogP contribution in [-0.4, -0.2) is 29.1 Å². The lowest BCUT2D eigenvalue weighted by atomic mass is 10.0. The number of aliphatic hydroxyl groups excluding tert-OH is 1. The minimum Gasteiger partial charge on any atom is -0.387 e. The average Bonchev–Trinajstić information content (AvgIpc) is 2.41. The fourth-order valence-electron chi connectivity index (χ4n) is 2.63. The van der Waals surface area contributed by atoms with Crippen molar-refractivity contribution in [3.8, 4) is 0 Å². The number of β-amino-alcohol motifs (C(OH)–C–C–N with tert-alkyl or cyclic N) is 1. The van der Waals surface area contributed by atoms with Crippen molar-refractivity contribution < 1.29 is 5.11 Å². The van der Waals surface area contributed by atoms with Crippen LogP contribution in [0.5, 0.6) is 0 Å². The molecule has 0 aromatic heterocycles. The highest BCUT2D eigenvalue weighted by atomic mass is 16.3. The quantitative estimate of drug-likeness (QED) is 0.857. The molecule has 3 heteroatoms. The molecule has 1 saturated heterocycles. The van der Waals surface area contributed by atoms with E-state index in [1.54, 1.807) is 0 Å². The second-order valence-electron chi connectivity index (χ2n) is 5.30. The molecular formula is C15H24N2O. The lowest BCUT2D eigenvalue weighted by molar-refractivity contribution is 0.0732. The van der Waals surface area contributed by atoms with E-state index in [9.17, 15) is 5.11 Å². The molecule has 1 aliphatic rings.